The lowest BCUT2D eigenvalue weighted by Crippen LogP contribution is -2.26. The Bertz CT molecular complexity index is 360. The summed E-state index contributed by atoms with van der Waals surface area (Å²) in [5.41, 5.74) is 9.15. The standard InChI is InChI=1S/C12H17N3O/c1-2-3-9-11(14-15-12(13)16)10-7-5-4-6-8-10/h4-8H,2-3,9H2,1H3,(H3,13,15,16). The molecule has 0 saturated carbocycles. The molecule has 86 valence electrons. The first-order chi connectivity index (χ1) is 7.74. The molecule has 4 heteroatoms. The summed E-state index contributed by atoms with van der Waals surface area (Å²) in [4.78, 5) is 10.6. The lowest BCUT2D eigenvalue weighted by atomic mass is 10.1. The van der Waals surface area contributed by atoms with Crippen molar-refractivity contribution in [3.05, 3.63) is 35.9 Å². The molecule has 0 aliphatic carbocycles. The number of carbonyl (C=O) groups excluding carboxylic acids is 1. The van der Waals surface area contributed by atoms with Gasteiger partial charge in [-0.25, -0.2) is 10.2 Å². The first kappa shape index (κ1) is 12.2. The fraction of sp³-hybridized carbons (Fsp3) is 0.333. The van der Waals surface area contributed by atoms with Crippen molar-refractivity contribution >= 4 is 11.7 Å². The van der Waals surface area contributed by atoms with Crippen molar-refractivity contribution in [3.63, 3.8) is 0 Å². The average molecular weight is 219 g/mol. The van der Waals surface area contributed by atoms with Gasteiger partial charge in [-0.3, -0.25) is 0 Å². The number of benzene rings is 1. The van der Waals surface area contributed by atoms with E-state index < -0.39 is 6.03 Å². The summed E-state index contributed by atoms with van der Waals surface area (Å²) < 4.78 is 0. The monoisotopic (exact) mass is 219 g/mol. The molecule has 16 heavy (non-hydrogen) atoms. The number of unbranched alkanes of at least 4 members (excludes halogenated alkanes) is 1. The lowest BCUT2D eigenvalue weighted by Gasteiger charge is -2.05. The molecule has 0 unspecified atom stereocenters. The minimum absolute atomic E-state index is 0.634. The van der Waals surface area contributed by atoms with Crippen LogP contribution < -0.4 is 11.2 Å². The van der Waals surface area contributed by atoms with Gasteiger partial charge in [-0.2, -0.15) is 5.10 Å². The number of hydrogen-bond donors (Lipinski definition) is 2. The topological polar surface area (TPSA) is 67.5 Å². The van der Waals surface area contributed by atoms with Crippen LogP contribution in [0.15, 0.2) is 35.4 Å². The molecular weight excluding hydrogens is 202 g/mol. The van der Waals surface area contributed by atoms with Gasteiger partial charge >= 0.3 is 6.03 Å². The highest BCUT2D eigenvalue weighted by Gasteiger charge is 2.03. The van der Waals surface area contributed by atoms with Gasteiger partial charge < -0.3 is 5.73 Å². The van der Waals surface area contributed by atoms with Gasteiger partial charge in [-0.1, -0.05) is 43.7 Å². The fourth-order valence-corrected chi connectivity index (χ4v) is 1.36. The molecule has 0 aliphatic heterocycles. The maximum atomic E-state index is 10.6. The Hall–Kier alpha value is -1.84. The summed E-state index contributed by atoms with van der Waals surface area (Å²) in [6, 6.07) is 9.14. The van der Waals surface area contributed by atoms with Crippen LogP contribution in [-0.4, -0.2) is 11.7 Å². The average Bonchev–Trinajstić information content (AvgIpc) is 2.30. The Morgan fingerprint density at radius 3 is 2.62 bits per heavy atom. The summed E-state index contributed by atoms with van der Waals surface area (Å²) >= 11 is 0. The Morgan fingerprint density at radius 2 is 2.06 bits per heavy atom. The van der Waals surface area contributed by atoms with Gasteiger partial charge in [0.2, 0.25) is 0 Å². The summed E-state index contributed by atoms with van der Waals surface area (Å²) in [5.74, 6) is 0. The number of carbonyl (C=O) groups is 1. The number of nitrogens with zero attached hydrogens (tertiary/aromatic N) is 1. The second kappa shape index (κ2) is 6.61. The van der Waals surface area contributed by atoms with Crippen LogP contribution in [0.5, 0.6) is 0 Å². The summed E-state index contributed by atoms with van der Waals surface area (Å²) in [6.07, 6.45) is 2.96. The highest BCUT2D eigenvalue weighted by molar-refractivity contribution is 6.00. The van der Waals surface area contributed by atoms with Crippen molar-refractivity contribution in [2.45, 2.75) is 26.2 Å². The minimum atomic E-state index is -0.634. The van der Waals surface area contributed by atoms with Gasteiger partial charge in [0.25, 0.3) is 0 Å². The highest BCUT2D eigenvalue weighted by Crippen LogP contribution is 2.07. The molecule has 0 atom stereocenters. The normalized spacial score (nSPS) is 11.2. The molecular formula is C12H17N3O. The predicted molar refractivity (Wildman–Crippen MR) is 65.2 cm³/mol. The van der Waals surface area contributed by atoms with Gasteiger partial charge in [0, 0.05) is 0 Å². The molecule has 3 N–H and O–H groups in total. The molecule has 0 saturated heterocycles. The van der Waals surface area contributed by atoms with Gasteiger partial charge in [0.05, 0.1) is 5.71 Å². The van der Waals surface area contributed by atoms with Gasteiger partial charge in [0.1, 0.15) is 0 Å². The van der Waals surface area contributed by atoms with Crippen LogP contribution in [0.3, 0.4) is 0 Å². The van der Waals surface area contributed by atoms with Gasteiger partial charge in [0.15, 0.2) is 0 Å². The molecule has 0 heterocycles. The van der Waals surface area contributed by atoms with E-state index in [9.17, 15) is 4.79 Å². The van der Waals surface area contributed by atoms with E-state index in [1.54, 1.807) is 0 Å². The third-order valence-electron chi connectivity index (χ3n) is 2.18. The number of nitrogens with one attached hydrogen (secondary N) is 1. The molecule has 0 aromatic heterocycles. The maximum Gasteiger partial charge on any atom is 0.332 e. The fourth-order valence-electron chi connectivity index (χ4n) is 1.36. The van der Waals surface area contributed by atoms with E-state index in [0.29, 0.717) is 0 Å². The van der Waals surface area contributed by atoms with Crippen molar-refractivity contribution < 1.29 is 4.79 Å². The van der Waals surface area contributed by atoms with Crippen LogP contribution in [0, 0.1) is 0 Å². The van der Waals surface area contributed by atoms with Crippen LogP contribution >= 0.6 is 0 Å². The molecule has 1 rings (SSSR count). The van der Waals surface area contributed by atoms with E-state index in [4.69, 9.17) is 5.73 Å². The van der Waals surface area contributed by atoms with Crippen molar-refractivity contribution in [1.29, 1.82) is 0 Å². The van der Waals surface area contributed by atoms with Gasteiger partial charge in [-0.15, -0.1) is 0 Å². The van der Waals surface area contributed by atoms with E-state index in [1.165, 1.54) is 0 Å². The predicted octanol–water partition coefficient (Wildman–Crippen LogP) is 2.25. The Morgan fingerprint density at radius 1 is 1.38 bits per heavy atom. The van der Waals surface area contributed by atoms with Crippen LogP contribution in [0.4, 0.5) is 4.79 Å². The summed E-state index contributed by atoms with van der Waals surface area (Å²) in [7, 11) is 0. The lowest BCUT2D eigenvalue weighted by molar-refractivity contribution is 0.249. The number of primary amides is 1. The van der Waals surface area contributed by atoms with E-state index in [-0.39, 0.29) is 0 Å². The highest BCUT2D eigenvalue weighted by atomic mass is 16.2. The van der Waals surface area contributed by atoms with Crippen molar-refractivity contribution in [3.8, 4) is 0 Å². The molecule has 0 radical (unpaired) electrons. The number of urea groups is 1. The van der Waals surface area contributed by atoms with E-state index >= 15 is 0 Å². The largest absolute Gasteiger partial charge is 0.350 e. The van der Waals surface area contributed by atoms with Crippen molar-refractivity contribution in [2.75, 3.05) is 0 Å². The SMILES string of the molecule is CCCCC(=NNC(N)=O)c1ccccc1. The molecule has 0 spiro atoms. The second-order valence-electron chi connectivity index (χ2n) is 3.50. The first-order valence-electron chi connectivity index (χ1n) is 5.41. The van der Waals surface area contributed by atoms with Crippen LogP contribution in [0.2, 0.25) is 0 Å². The second-order valence-corrected chi connectivity index (χ2v) is 3.50. The first-order valence-corrected chi connectivity index (χ1v) is 5.41. The number of rotatable bonds is 5. The van der Waals surface area contributed by atoms with Crippen molar-refractivity contribution in [1.82, 2.24) is 5.43 Å². The molecule has 0 aliphatic rings. The Balaban J connectivity index is 2.78. The number of amides is 2. The summed E-state index contributed by atoms with van der Waals surface area (Å²) in [5, 5.41) is 4.02. The molecule has 4 nitrogen and oxygen atoms in total. The number of hydrogen-bond acceptors (Lipinski definition) is 2. The van der Waals surface area contributed by atoms with Crippen LogP contribution in [0.25, 0.3) is 0 Å². The maximum absolute atomic E-state index is 10.6. The van der Waals surface area contributed by atoms with E-state index in [1.807, 2.05) is 30.3 Å². The van der Waals surface area contributed by atoms with Crippen LogP contribution in [0.1, 0.15) is 31.7 Å². The molecule has 1 aromatic carbocycles. The zero-order valence-corrected chi connectivity index (χ0v) is 9.44. The number of hydrazone groups is 1. The zero-order chi connectivity index (χ0) is 11.8. The quantitative estimate of drug-likeness (QED) is 0.579. The van der Waals surface area contributed by atoms with E-state index in [2.05, 4.69) is 17.5 Å². The van der Waals surface area contributed by atoms with Gasteiger partial charge in [-0.05, 0) is 18.4 Å². The Kier molecular flexibility index (Phi) is 5.05. The zero-order valence-electron chi connectivity index (χ0n) is 9.44. The Labute approximate surface area is 95.5 Å². The molecule has 0 bridgehead atoms. The summed E-state index contributed by atoms with van der Waals surface area (Å²) in [6.45, 7) is 2.12. The number of nitrogens with two attached hydrogens (primary N) is 1. The molecule has 2 amide bonds. The third kappa shape index (κ3) is 4.13. The smallest absolute Gasteiger partial charge is 0.332 e. The minimum Gasteiger partial charge on any atom is -0.350 e. The third-order valence-corrected chi connectivity index (χ3v) is 2.18. The van der Waals surface area contributed by atoms with E-state index in [0.717, 1.165) is 30.5 Å². The van der Waals surface area contributed by atoms with Crippen molar-refractivity contribution in [2.24, 2.45) is 10.8 Å². The molecule has 0 fully saturated rings. The van der Waals surface area contributed by atoms with Crippen LogP contribution in [-0.2, 0) is 0 Å². The molecule has 1 aromatic rings.